The smallest absolute Gasteiger partial charge is 0.251 e. The number of carbonyl (C=O) groups is 2. The molecule has 156 valence electrons. The first-order valence-corrected chi connectivity index (χ1v) is 11.1. The average molecular weight is 469 g/mol. The second-order valence-electron chi connectivity index (χ2n) is 7.73. The molecule has 6 nitrogen and oxygen atoms in total. The predicted molar refractivity (Wildman–Crippen MR) is 120 cm³/mol. The zero-order valence-electron chi connectivity index (χ0n) is 17.0. The molecule has 1 aliphatic heterocycles. The van der Waals surface area contributed by atoms with Gasteiger partial charge in [0.05, 0.1) is 17.6 Å². The number of rotatable bonds is 5. The maximum absolute atomic E-state index is 13.1. The molecule has 1 atom stereocenters. The van der Waals surface area contributed by atoms with Gasteiger partial charge in [-0.1, -0.05) is 34.1 Å². The summed E-state index contributed by atoms with van der Waals surface area (Å²) < 4.78 is 2.78. The Morgan fingerprint density at radius 3 is 2.80 bits per heavy atom. The molecule has 1 N–H and O–H groups in total. The summed E-state index contributed by atoms with van der Waals surface area (Å²) in [5, 5.41) is 2.94. The number of hydrogen-bond donors (Lipinski definition) is 1. The molecule has 1 saturated heterocycles. The third-order valence-electron chi connectivity index (χ3n) is 5.64. The first-order valence-electron chi connectivity index (χ1n) is 10.3. The number of fused-ring (bicyclic) bond motifs is 1. The van der Waals surface area contributed by atoms with E-state index in [1.807, 2.05) is 45.9 Å². The maximum Gasteiger partial charge on any atom is 0.251 e. The third-order valence-corrected chi connectivity index (χ3v) is 6.14. The largest absolute Gasteiger partial charge is 0.345 e. The van der Waals surface area contributed by atoms with Crippen LogP contribution in [-0.2, 0) is 17.9 Å². The van der Waals surface area contributed by atoms with Gasteiger partial charge in [-0.2, -0.15) is 0 Å². The number of nitrogens with one attached hydrogen (secondary N) is 1. The summed E-state index contributed by atoms with van der Waals surface area (Å²) in [6.45, 7) is 3.40. The molecular weight excluding hydrogens is 444 g/mol. The van der Waals surface area contributed by atoms with Gasteiger partial charge in [0.15, 0.2) is 0 Å². The molecular formula is C23H25BrN4O2. The summed E-state index contributed by atoms with van der Waals surface area (Å²) in [6, 6.07) is 15.3. The van der Waals surface area contributed by atoms with Crippen molar-refractivity contribution < 1.29 is 9.59 Å². The Bertz CT molecular complexity index is 1080. The van der Waals surface area contributed by atoms with Gasteiger partial charge in [-0.05, 0) is 56.5 Å². The second kappa shape index (κ2) is 9.00. The van der Waals surface area contributed by atoms with Crippen molar-refractivity contribution in [1.29, 1.82) is 0 Å². The van der Waals surface area contributed by atoms with Crippen molar-refractivity contribution in [2.24, 2.45) is 0 Å². The molecule has 0 saturated carbocycles. The van der Waals surface area contributed by atoms with Gasteiger partial charge in [0.2, 0.25) is 5.91 Å². The highest BCUT2D eigenvalue weighted by molar-refractivity contribution is 9.10. The number of nitrogens with zero attached hydrogens (tertiary/aromatic N) is 3. The van der Waals surface area contributed by atoms with Crippen LogP contribution in [0.3, 0.4) is 0 Å². The average Bonchev–Trinajstić information content (AvgIpc) is 3.09. The van der Waals surface area contributed by atoms with Crippen LogP contribution in [0.1, 0.15) is 42.4 Å². The standard InChI is InChI=1S/C23H25BrN4O2/c1-16-7-4-5-12-27(16)22(29)15-28-20-11-3-2-10-19(20)26-21(28)14-25-23(30)17-8-6-9-18(24)13-17/h2-3,6,8-11,13,16H,4-5,7,12,14-15H2,1H3,(H,25,30). The lowest BCUT2D eigenvalue weighted by atomic mass is 10.0. The van der Waals surface area contributed by atoms with E-state index in [0.29, 0.717) is 11.4 Å². The summed E-state index contributed by atoms with van der Waals surface area (Å²) in [7, 11) is 0. The number of aromatic nitrogens is 2. The fourth-order valence-corrected chi connectivity index (χ4v) is 4.42. The molecule has 7 heteroatoms. The molecule has 2 aromatic carbocycles. The molecule has 2 heterocycles. The molecule has 1 aliphatic rings. The van der Waals surface area contributed by atoms with E-state index in [2.05, 4.69) is 33.2 Å². The molecule has 0 aliphatic carbocycles. The molecule has 30 heavy (non-hydrogen) atoms. The van der Waals surface area contributed by atoms with E-state index in [1.54, 1.807) is 12.1 Å². The van der Waals surface area contributed by atoms with Crippen LogP contribution in [0.15, 0.2) is 53.0 Å². The lowest BCUT2D eigenvalue weighted by molar-refractivity contribution is -0.135. The normalized spacial score (nSPS) is 16.6. The van der Waals surface area contributed by atoms with Gasteiger partial charge >= 0.3 is 0 Å². The van der Waals surface area contributed by atoms with Crippen molar-refractivity contribution in [2.45, 2.75) is 45.3 Å². The summed E-state index contributed by atoms with van der Waals surface area (Å²) in [5.41, 5.74) is 2.30. The van der Waals surface area contributed by atoms with E-state index in [1.165, 1.54) is 6.42 Å². The van der Waals surface area contributed by atoms with Crippen molar-refractivity contribution in [3.63, 3.8) is 0 Å². The highest BCUT2D eigenvalue weighted by Crippen LogP contribution is 2.20. The number of hydrogen-bond acceptors (Lipinski definition) is 3. The molecule has 1 fully saturated rings. The fraction of sp³-hybridized carbons (Fsp3) is 0.348. The van der Waals surface area contributed by atoms with Crippen LogP contribution in [-0.4, -0.2) is 38.9 Å². The van der Waals surface area contributed by atoms with E-state index in [4.69, 9.17) is 0 Å². The molecule has 4 rings (SSSR count). The Labute approximate surface area is 184 Å². The highest BCUT2D eigenvalue weighted by Gasteiger charge is 2.24. The van der Waals surface area contributed by atoms with Gasteiger partial charge in [-0.15, -0.1) is 0 Å². The molecule has 3 aromatic rings. The number of likely N-dealkylation sites (tertiary alicyclic amines) is 1. The first-order chi connectivity index (χ1) is 14.5. The summed E-state index contributed by atoms with van der Waals surface area (Å²) in [4.78, 5) is 32.3. The Morgan fingerprint density at radius 1 is 1.17 bits per heavy atom. The Hall–Kier alpha value is -2.67. The number of halogens is 1. The molecule has 1 aromatic heterocycles. The number of carbonyl (C=O) groups excluding carboxylic acids is 2. The summed E-state index contributed by atoms with van der Waals surface area (Å²) >= 11 is 3.39. The molecule has 0 bridgehead atoms. The van der Waals surface area contributed by atoms with Gasteiger partial charge in [-0.3, -0.25) is 9.59 Å². The van der Waals surface area contributed by atoms with Gasteiger partial charge in [0.1, 0.15) is 12.4 Å². The van der Waals surface area contributed by atoms with E-state index >= 15 is 0 Å². The van der Waals surface area contributed by atoms with Crippen LogP contribution < -0.4 is 5.32 Å². The second-order valence-corrected chi connectivity index (χ2v) is 8.64. The SMILES string of the molecule is CC1CCCCN1C(=O)Cn1c(CNC(=O)c2cccc(Br)c2)nc2ccccc21. The van der Waals surface area contributed by atoms with Crippen LogP contribution in [0.2, 0.25) is 0 Å². The zero-order chi connectivity index (χ0) is 21.1. The highest BCUT2D eigenvalue weighted by atomic mass is 79.9. The van der Waals surface area contributed by atoms with Crippen LogP contribution in [0.5, 0.6) is 0 Å². The number of imidazole rings is 1. The predicted octanol–water partition coefficient (Wildman–Crippen LogP) is 4.13. The number of piperidine rings is 1. The topological polar surface area (TPSA) is 67.2 Å². The lowest BCUT2D eigenvalue weighted by Gasteiger charge is -2.33. The van der Waals surface area contributed by atoms with Crippen molar-refractivity contribution in [3.05, 3.63) is 64.4 Å². The Balaban J connectivity index is 1.55. The van der Waals surface area contributed by atoms with Crippen molar-refractivity contribution >= 4 is 38.8 Å². The van der Waals surface area contributed by atoms with Gasteiger partial charge in [-0.25, -0.2) is 4.98 Å². The summed E-state index contributed by atoms with van der Waals surface area (Å²) in [6.07, 6.45) is 3.27. The minimum atomic E-state index is -0.175. The first kappa shape index (κ1) is 20.6. The fourth-order valence-electron chi connectivity index (χ4n) is 4.02. The van der Waals surface area contributed by atoms with E-state index < -0.39 is 0 Å². The third kappa shape index (κ3) is 4.41. The Kier molecular flexibility index (Phi) is 6.18. The molecule has 1 unspecified atom stereocenters. The van der Waals surface area contributed by atoms with Crippen molar-refractivity contribution in [3.8, 4) is 0 Å². The van der Waals surface area contributed by atoms with E-state index in [-0.39, 0.29) is 30.9 Å². The number of para-hydroxylation sites is 2. The van der Waals surface area contributed by atoms with Gasteiger partial charge in [0, 0.05) is 22.6 Å². The lowest BCUT2D eigenvalue weighted by Crippen LogP contribution is -2.43. The number of amides is 2. The van der Waals surface area contributed by atoms with Crippen LogP contribution in [0, 0.1) is 0 Å². The monoisotopic (exact) mass is 468 g/mol. The van der Waals surface area contributed by atoms with Crippen LogP contribution in [0.4, 0.5) is 0 Å². The van der Waals surface area contributed by atoms with Crippen LogP contribution >= 0.6 is 15.9 Å². The van der Waals surface area contributed by atoms with E-state index in [0.717, 1.165) is 34.9 Å². The van der Waals surface area contributed by atoms with Crippen LogP contribution in [0.25, 0.3) is 11.0 Å². The number of benzene rings is 2. The quantitative estimate of drug-likeness (QED) is 0.611. The molecule has 0 radical (unpaired) electrons. The Morgan fingerprint density at radius 2 is 2.00 bits per heavy atom. The van der Waals surface area contributed by atoms with Gasteiger partial charge < -0.3 is 14.8 Å². The minimum Gasteiger partial charge on any atom is -0.345 e. The molecule has 2 amide bonds. The van der Waals surface area contributed by atoms with E-state index in [9.17, 15) is 9.59 Å². The maximum atomic E-state index is 13.1. The van der Waals surface area contributed by atoms with Crippen molar-refractivity contribution in [2.75, 3.05) is 6.54 Å². The van der Waals surface area contributed by atoms with Gasteiger partial charge in [0.25, 0.3) is 5.91 Å². The minimum absolute atomic E-state index is 0.102. The summed E-state index contributed by atoms with van der Waals surface area (Å²) in [5.74, 6) is 0.605. The van der Waals surface area contributed by atoms with Crippen molar-refractivity contribution in [1.82, 2.24) is 19.8 Å². The molecule has 0 spiro atoms. The zero-order valence-corrected chi connectivity index (χ0v) is 18.6.